The van der Waals surface area contributed by atoms with Crippen molar-refractivity contribution in [2.24, 2.45) is 11.3 Å². The molecule has 1 aromatic carbocycles. The number of aliphatic hydroxyl groups is 1. The highest BCUT2D eigenvalue weighted by Gasteiger charge is 2.52. The summed E-state index contributed by atoms with van der Waals surface area (Å²) in [7, 11) is 0. The zero-order valence-electron chi connectivity index (χ0n) is 13.2. The second kappa shape index (κ2) is 4.92. The van der Waals surface area contributed by atoms with Crippen molar-refractivity contribution < 1.29 is 9.84 Å². The van der Waals surface area contributed by atoms with E-state index in [1.54, 1.807) is 0 Å². The summed E-state index contributed by atoms with van der Waals surface area (Å²) in [5.74, 6) is 0.268. The normalized spacial score (nSPS) is 31.3. The molecule has 5 rings (SSSR count). The lowest BCUT2D eigenvalue weighted by molar-refractivity contribution is -0.0597. The number of imidazole rings is 1. The molecule has 4 heteroatoms. The van der Waals surface area contributed by atoms with E-state index >= 15 is 0 Å². The summed E-state index contributed by atoms with van der Waals surface area (Å²) in [5, 5.41) is 11.2. The van der Waals surface area contributed by atoms with Crippen LogP contribution in [0.25, 0.3) is 11.3 Å². The predicted octanol–water partition coefficient (Wildman–Crippen LogP) is 3.02. The van der Waals surface area contributed by atoms with Gasteiger partial charge in [0.05, 0.1) is 30.4 Å². The van der Waals surface area contributed by atoms with Crippen molar-refractivity contribution in [1.82, 2.24) is 9.55 Å². The maximum atomic E-state index is 11.2. The Bertz CT molecular complexity index is 732. The van der Waals surface area contributed by atoms with Gasteiger partial charge in [0.15, 0.2) is 0 Å². The lowest BCUT2D eigenvalue weighted by Gasteiger charge is -2.38. The minimum absolute atomic E-state index is 0.0706. The lowest BCUT2D eigenvalue weighted by Crippen LogP contribution is -2.40. The fourth-order valence-electron chi connectivity index (χ4n) is 5.18. The van der Waals surface area contributed by atoms with Gasteiger partial charge < -0.3 is 14.4 Å². The van der Waals surface area contributed by atoms with Crippen LogP contribution in [0, 0.1) is 11.3 Å². The number of aliphatic hydroxyl groups excluding tert-OH is 1. The second-order valence-corrected chi connectivity index (χ2v) is 7.34. The van der Waals surface area contributed by atoms with E-state index in [2.05, 4.69) is 33.8 Å². The zero-order chi connectivity index (χ0) is 15.4. The molecule has 1 saturated heterocycles. The summed E-state index contributed by atoms with van der Waals surface area (Å²) in [6, 6.07) is 8.81. The van der Waals surface area contributed by atoms with Crippen molar-refractivity contribution in [1.29, 1.82) is 0 Å². The van der Waals surface area contributed by atoms with Gasteiger partial charge in [-0.25, -0.2) is 4.98 Å². The van der Waals surface area contributed by atoms with Gasteiger partial charge >= 0.3 is 0 Å². The van der Waals surface area contributed by atoms with Crippen LogP contribution >= 0.6 is 0 Å². The van der Waals surface area contributed by atoms with Gasteiger partial charge in [-0.3, -0.25) is 0 Å². The molecular weight excluding hydrogens is 288 g/mol. The number of hydrogen-bond donors (Lipinski definition) is 1. The number of aromatic nitrogens is 2. The Kier molecular flexibility index (Phi) is 2.94. The van der Waals surface area contributed by atoms with Crippen LogP contribution in [0.1, 0.15) is 37.3 Å². The number of hydrogen-bond acceptors (Lipinski definition) is 3. The standard InChI is InChI=1S/C19H22N2O2/c22-18-15(5-6-19(18)7-9-23-10-8-19)17-14-4-2-1-3-13(14)16-11-20-12-21(16)17/h1-4,11-12,15,17-18,22H,5-10H2/t15-,17-,18+/m1/s1. The van der Waals surface area contributed by atoms with Crippen molar-refractivity contribution in [2.75, 3.05) is 13.2 Å². The molecule has 2 aromatic rings. The van der Waals surface area contributed by atoms with Gasteiger partial charge in [-0.2, -0.15) is 0 Å². The Morgan fingerprint density at radius 1 is 1.17 bits per heavy atom. The molecule has 1 spiro atoms. The minimum atomic E-state index is -0.252. The average Bonchev–Trinajstić information content (AvgIpc) is 3.25. The van der Waals surface area contributed by atoms with Crippen LogP contribution in [0.15, 0.2) is 36.8 Å². The van der Waals surface area contributed by atoms with E-state index in [1.165, 1.54) is 16.8 Å². The third-order valence-electron chi connectivity index (χ3n) is 6.42. The molecule has 1 N–H and O–H groups in total. The monoisotopic (exact) mass is 310 g/mol. The van der Waals surface area contributed by atoms with Crippen LogP contribution in [-0.2, 0) is 4.74 Å². The van der Waals surface area contributed by atoms with Crippen LogP contribution in [0.3, 0.4) is 0 Å². The van der Waals surface area contributed by atoms with E-state index in [1.807, 2.05) is 12.5 Å². The Hall–Kier alpha value is -1.65. The van der Waals surface area contributed by atoms with E-state index in [4.69, 9.17) is 4.74 Å². The Morgan fingerprint density at radius 2 is 2.00 bits per heavy atom. The summed E-state index contributed by atoms with van der Waals surface area (Å²) in [4.78, 5) is 4.35. The van der Waals surface area contributed by atoms with Crippen molar-refractivity contribution >= 4 is 0 Å². The smallest absolute Gasteiger partial charge is 0.0956 e. The highest BCUT2D eigenvalue weighted by molar-refractivity contribution is 5.69. The molecule has 4 nitrogen and oxygen atoms in total. The molecule has 1 aromatic heterocycles. The third-order valence-corrected chi connectivity index (χ3v) is 6.42. The van der Waals surface area contributed by atoms with Gasteiger partial charge in [0.25, 0.3) is 0 Å². The van der Waals surface area contributed by atoms with E-state index in [0.717, 1.165) is 38.9 Å². The number of rotatable bonds is 1. The molecule has 1 aliphatic carbocycles. The quantitative estimate of drug-likeness (QED) is 0.881. The van der Waals surface area contributed by atoms with Gasteiger partial charge in [0.2, 0.25) is 0 Å². The maximum absolute atomic E-state index is 11.2. The Balaban J connectivity index is 1.56. The van der Waals surface area contributed by atoms with Gasteiger partial charge in [-0.05, 0) is 31.2 Å². The molecule has 0 unspecified atom stereocenters. The number of fused-ring (bicyclic) bond motifs is 3. The van der Waals surface area contributed by atoms with Gasteiger partial charge in [-0.15, -0.1) is 0 Å². The molecule has 23 heavy (non-hydrogen) atoms. The number of ether oxygens (including phenoxy) is 1. The number of nitrogens with zero attached hydrogens (tertiary/aromatic N) is 2. The molecule has 0 amide bonds. The van der Waals surface area contributed by atoms with Gasteiger partial charge in [0.1, 0.15) is 0 Å². The Morgan fingerprint density at radius 3 is 2.87 bits per heavy atom. The predicted molar refractivity (Wildman–Crippen MR) is 87.0 cm³/mol. The largest absolute Gasteiger partial charge is 0.392 e. The first-order valence-corrected chi connectivity index (χ1v) is 8.67. The summed E-state index contributed by atoms with van der Waals surface area (Å²) < 4.78 is 7.81. The summed E-state index contributed by atoms with van der Waals surface area (Å²) in [6.45, 7) is 1.59. The topological polar surface area (TPSA) is 47.3 Å². The fraction of sp³-hybridized carbons (Fsp3) is 0.526. The molecule has 120 valence electrons. The SMILES string of the molecule is O[C@H]1[C@@H]([C@H]2c3ccccc3-c3cncn32)CCC12CCOCC2. The first kappa shape index (κ1) is 13.8. The molecule has 0 radical (unpaired) electrons. The zero-order valence-corrected chi connectivity index (χ0v) is 13.2. The molecule has 3 atom stereocenters. The van der Waals surface area contributed by atoms with Crippen LogP contribution in [-0.4, -0.2) is 34.0 Å². The van der Waals surface area contributed by atoms with E-state index < -0.39 is 0 Å². The summed E-state index contributed by atoms with van der Waals surface area (Å²) >= 11 is 0. The molecule has 1 saturated carbocycles. The maximum Gasteiger partial charge on any atom is 0.0956 e. The first-order valence-electron chi connectivity index (χ1n) is 8.67. The van der Waals surface area contributed by atoms with Crippen LogP contribution in [0.2, 0.25) is 0 Å². The van der Waals surface area contributed by atoms with Gasteiger partial charge in [0, 0.05) is 30.1 Å². The van der Waals surface area contributed by atoms with Crippen molar-refractivity contribution in [3.63, 3.8) is 0 Å². The molecule has 0 bridgehead atoms. The highest BCUT2D eigenvalue weighted by atomic mass is 16.5. The summed E-state index contributed by atoms with van der Waals surface area (Å²) in [6.07, 6.45) is 7.82. The lowest BCUT2D eigenvalue weighted by atomic mass is 9.74. The van der Waals surface area contributed by atoms with E-state index in [0.29, 0.717) is 0 Å². The first-order chi connectivity index (χ1) is 11.3. The van der Waals surface area contributed by atoms with Crippen molar-refractivity contribution in [3.8, 4) is 11.3 Å². The molecule has 2 aliphatic heterocycles. The van der Waals surface area contributed by atoms with E-state index in [9.17, 15) is 5.11 Å². The average molecular weight is 310 g/mol. The fourth-order valence-corrected chi connectivity index (χ4v) is 5.18. The van der Waals surface area contributed by atoms with Crippen molar-refractivity contribution in [3.05, 3.63) is 42.4 Å². The number of benzene rings is 1. The van der Waals surface area contributed by atoms with E-state index in [-0.39, 0.29) is 23.5 Å². The molecular formula is C19H22N2O2. The van der Waals surface area contributed by atoms with Crippen molar-refractivity contribution in [2.45, 2.75) is 37.8 Å². The summed E-state index contributed by atoms with van der Waals surface area (Å²) in [5.41, 5.74) is 3.88. The van der Waals surface area contributed by atoms with Gasteiger partial charge in [-0.1, -0.05) is 24.3 Å². The second-order valence-electron chi connectivity index (χ2n) is 7.34. The van der Waals surface area contributed by atoms with Crippen LogP contribution in [0.4, 0.5) is 0 Å². The minimum Gasteiger partial charge on any atom is -0.392 e. The highest BCUT2D eigenvalue weighted by Crippen LogP contribution is 2.55. The Labute approximate surface area is 136 Å². The van der Waals surface area contributed by atoms with Crippen LogP contribution in [0.5, 0.6) is 0 Å². The molecule has 3 aliphatic rings. The third kappa shape index (κ3) is 1.82. The van der Waals surface area contributed by atoms with Crippen LogP contribution < -0.4 is 0 Å². The molecule has 3 heterocycles. The molecule has 2 fully saturated rings.